The van der Waals surface area contributed by atoms with Crippen molar-refractivity contribution in [1.82, 2.24) is 0 Å². The fourth-order valence-electron chi connectivity index (χ4n) is 2.00. The van der Waals surface area contributed by atoms with E-state index in [4.69, 9.17) is 5.11 Å². The van der Waals surface area contributed by atoms with Crippen molar-refractivity contribution < 1.29 is 9.90 Å². The summed E-state index contributed by atoms with van der Waals surface area (Å²) in [5, 5.41) is 8.64. The van der Waals surface area contributed by atoms with Gasteiger partial charge in [0.1, 0.15) is 0 Å². The Kier molecular flexibility index (Phi) is 3.78. The molecule has 92 valence electrons. The van der Waals surface area contributed by atoms with Crippen LogP contribution < -0.4 is 0 Å². The third-order valence-electron chi connectivity index (χ3n) is 3.04. The minimum Gasteiger partial charge on any atom is -0.481 e. The Labute approximate surface area is 107 Å². The summed E-state index contributed by atoms with van der Waals surface area (Å²) >= 11 is 0. The van der Waals surface area contributed by atoms with Gasteiger partial charge < -0.3 is 5.11 Å². The molecule has 0 atom stereocenters. The number of carboxylic acids is 1. The van der Waals surface area contributed by atoms with E-state index in [-0.39, 0.29) is 6.42 Å². The standard InChI is InChI=1S/C16H16O2/c1-12-4-2-3-5-15(12)14-9-6-13(7-10-14)8-11-16(17)18/h2-7,9-10H,8,11H2,1H3,(H,17,18). The first kappa shape index (κ1) is 12.4. The van der Waals surface area contributed by atoms with Crippen molar-refractivity contribution in [3.63, 3.8) is 0 Å². The minimum absolute atomic E-state index is 0.184. The molecule has 2 nitrogen and oxygen atoms in total. The van der Waals surface area contributed by atoms with Crippen LogP contribution in [0.5, 0.6) is 0 Å². The van der Waals surface area contributed by atoms with Crippen molar-refractivity contribution in [2.75, 3.05) is 0 Å². The summed E-state index contributed by atoms with van der Waals surface area (Å²) in [5.74, 6) is -0.752. The normalized spacial score (nSPS) is 10.3. The van der Waals surface area contributed by atoms with E-state index in [0.29, 0.717) is 6.42 Å². The lowest BCUT2D eigenvalue weighted by Crippen LogP contribution is -1.97. The van der Waals surface area contributed by atoms with Crippen LogP contribution >= 0.6 is 0 Å². The molecular formula is C16H16O2. The monoisotopic (exact) mass is 240 g/mol. The average molecular weight is 240 g/mol. The summed E-state index contributed by atoms with van der Waals surface area (Å²) in [6.45, 7) is 2.09. The Hall–Kier alpha value is -2.09. The van der Waals surface area contributed by atoms with Crippen LogP contribution in [0, 0.1) is 6.92 Å². The molecule has 0 aliphatic rings. The van der Waals surface area contributed by atoms with Crippen LogP contribution in [0.1, 0.15) is 17.5 Å². The molecule has 0 bridgehead atoms. The Morgan fingerprint density at radius 3 is 2.33 bits per heavy atom. The Bertz CT molecular complexity index is 541. The first-order valence-electron chi connectivity index (χ1n) is 6.03. The highest BCUT2D eigenvalue weighted by Crippen LogP contribution is 2.23. The summed E-state index contributed by atoms with van der Waals surface area (Å²) in [6, 6.07) is 16.4. The second kappa shape index (κ2) is 5.50. The second-order valence-corrected chi connectivity index (χ2v) is 4.41. The highest BCUT2D eigenvalue weighted by molar-refractivity contribution is 5.68. The van der Waals surface area contributed by atoms with E-state index in [9.17, 15) is 4.79 Å². The molecule has 1 N–H and O–H groups in total. The highest BCUT2D eigenvalue weighted by atomic mass is 16.4. The van der Waals surface area contributed by atoms with Crippen molar-refractivity contribution in [2.24, 2.45) is 0 Å². The van der Waals surface area contributed by atoms with Gasteiger partial charge in [-0.3, -0.25) is 4.79 Å². The number of hydrogen-bond acceptors (Lipinski definition) is 1. The van der Waals surface area contributed by atoms with Gasteiger partial charge in [0, 0.05) is 6.42 Å². The number of hydrogen-bond donors (Lipinski definition) is 1. The maximum atomic E-state index is 10.5. The van der Waals surface area contributed by atoms with Gasteiger partial charge in [-0.15, -0.1) is 0 Å². The summed E-state index contributed by atoms with van der Waals surface area (Å²) in [4.78, 5) is 10.5. The molecular weight excluding hydrogens is 224 g/mol. The van der Waals surface area contributed by atoms with E-state index >= 15 is 0 Å². The second-order valence-electron chi connectivity index (χ2n) is 4.41. The molecule has 2 rings (SSSR count). The number of carboxylic acid groups (broad SMARTS) is 1. The van der Waals surface area contributed by atoms with Crippen LogP contribution in [0.15, 0.2) is 48.5 Å². The zero-order valence-corrected chi connectivity index (χ0v) is 10.4. The van der Waals surface area contributed by atoms with Gasteiger partial charge in [0.25, 0.3) is 0 Å². The van der Waals surface area contributed by atoms with Crippen molar-refractivity contribution in [1.29, 1.82) is 0 Å². The van der Waals surface area contributed by atoms with Crippen molar-refractivity contribution in [3.05, 3.63) is 59.7 Å². The van der Waals surface area contributed by atoms with E-state index in [1.807, 2.05) is 24.3 Å². The van der Waals surface area contributed by atoms with Gasteiger partial charge in [0.15, 0.2) is 0 Å². The quantitative estimate of drug-likeness (QED) is 0.885. The molecule has 0 aliphatic carbocycles. The molecule has 0 radical (unpaired) electrons. The molecule has 0 aromatic heterocycles. The first-order chi connectivity index (χ1) is 8.66. The molecule has 0 saturated heterocycles. The van der Waals surface area contributed by atoms with Crippen LogP contribution in [0.25, 0.3) is 11.1 Å². The first-order valence-corrected chi connectivity index (χ1v) is 6.03. The molecule has 2 heteroatoms. The maximum absolute atomic E-state index is 10.5. The summed E-state index contributed by atoms with van der Waals surface area (Å²) in [6.07, 6.45) is 0.771. The number of benzene rings is 2. The van der Waals surface area contributed by atoms with Crippen LogP contribution in [0.4, 0.5) is 0 Å². The van der Waals surface area contributed by atoms with Gasteiger partial charge >= 0.3 is 5.97 Å². The van der Waals surface area contributed by atoms with Gasteiger partial charge in [0.2, 0.25) is 0 Å². The molecule has 0 heterocycles. The Morgan fingerprint density at radius 1 is 1.06 bits per heavy atom. The molecule has 2 aromatic carbocycles. The number of rotatable bonds is 4. The van der Waals surface area contributed by atoms with Crippen LogP contribution in [-0.2, 0) is 11.2 Å². The number of aryl methyl sites for hydroxylation is 2. The number of aliphatic carboxylic acids is 1. The smallest absolute Gasteiger partial charge is 0.303 e. The fourth-order valence-corrected chi connectivity index (χ4v) is 2.00. The maximum Gasteiger partial charge on any atom is 0.303 e. The van der Waals surface area contributed by atoms with E-state index in [1.54, 1.807) is 0 Å². The van der Waals surface area contributed by atoms with E-state index < -0.39 is 5.97 Å². The van der Waals surface area contributed by atoms with Crippen molar-refractivity contribution in [2.45, 2.75) is 19.8 Å². The molecule has 0 fully saturated rings. The molecule has 0 spiro atoms. The average Bonchev–Trinajstić information content (AvgIpc) is 2.38. The van der Waals surface area contributed by atoms with E-state index in [1.165, 1.54) is 16.7 Å². The molecule has 0 unspecified atom stereocenters. The van der Waals surface area contributed by atoms with Crippen molar-refractivity contribution in [3.8, 4) is 11.1 Å². The van der Waals surface area contributed by atoms with Crippen molar-refractivity contribution >= 4 is 5.97 Å². The topological polar surface area (TPSA) is 37.3 Å². The lowest BCUT2D eigenvalue weighted by Gasteiger charge is -2.06. The number of carbonyl (C=O) groups is 1. The molecule has 0 aliphatic heterocycles. The third kappa shape index (κ3) is 2.98. The minimum atomic E-state index is -0.752. The van der Waals surface area contributed by atoms with Crippen LogP contribution in [-0.4, -0.2) is 11.1 Å². The highest BCUT2D eigenvalue weighted by Gasteiger charge is 2.02. The summed E-state index contributed by atoms with van der Waals surface area (Å²) < 4.78 is 0. The van der Waals surface area contributed by atoms with E-state index in [2.05, 4.69) is 31.2 Å². The van der Waals surface area contributed by atoms with Crippen LogP contribution in [0.2, 0.25) is 0 Å². The SMILES string of the molecule is Cc1ccccc1-c1ccc(CCC(=O)O)cc1. The molecule has 0 amide bonds. The Morgan fingerprint density at radius 2 is 1.72 bits per heavy atom. The van der Waals surface area contributed by atoms with Gasteiger partial charge in [-0.1, -0.05) is 48.5 Å². The lowest BCUT2D eigenvalue weighted by molar-refractivity contribution is -0.136. The van der Waals surface area contributed by atoms with E-state index in [0.717, 1.165) is 5.56 Å². The molecule has 2 aromatic rings. The predicted octanol–water partition coefficient (Wildman–Crippen LogP) is 3.68. The van der Waals surface area contributed by atoms with Crippen LogP contribution in [0.3, 0.4) is 0 Å². The predicted molar refractivity (Wildman–Crippen MR) is 72.6 cm³/mol. The summed E-state index contributed by atoms with van der Waals surface area (Å²) in [7, 11) is 0. The van der Waals surface area contributed by atoms with Gasteiger partial charge in [-0.05, 0) is 35.6 Å². The largest absolute Gasteiger partial charge is 0.481 e. The summed E-state index contributed by atoms with van der Waals surface area (Å²) in [5.41, 5.74) is 4.71. The molecule has 18 heavy (non-hydrogen) atoms. The zero-order valence-electron chi connectivity index (χ0n) is 10.4. The zero-order chi connectivity index (χ0) is 13.0. The van der Waals surface area contributed by atoms with Gasteiger partial charge in [-0.25, -0.2) is 0 Å². The van der Waals surface area contributed by atoms with Gasteiger partial charge in [-0.2, -0.15) is 0 Å². The lowest BCUT2D eigenvalue weighted by atomic mass is 9.99. The van der Waals surface area contributed by atoms with Gasteiger partial charge in [0.05, 0.1) is 0 Å². The third-order valence-corrected chi connectivity index (χ3v) is 3.04. The molecule has 0 saturated carbocycles. The Balaban J connectivity index is 2.17. The fraction of sp³-hybridized carbons (Fsp3) is 0.188.